The number of likely N-dealkylation sites (tertiary alicyclic amines) is 1. The molecule has 1 saturated carbocycles. The summed E-state index contributed by atoms with van der Waals surface area (Å²) in [5, 5.41) is 16.9. The number of piperazine rings is 1. The fraction of sp³-hybridized carbons (Fsp3) is 0.636. The van der Waals surface area contributed by atoms with Crippen molar-refractivity contribution in [3.8, 4) is 0 Å². The van der Waals surface area contributed by atoms with Crippen LogP contribution < -0.4 is 21.1 Å². The van der Waals surface area contributed by atoms with E-state index in [4.69, 9.17) is 4.98 Å². The van der Waals surface area contributed by atoms with Gasteiger partial charge in [-0.1, -0.05) is 52.9 Å². The Morgan fingerprint density at radius 1 is 0.932 bits per heavy atom. The molecule has 0 radical (unpaired) electrons. The van der Waals surface area contributed by atoms with Gasteiger partial charge in [0, 0.05) is 69.2 Å². The standard InChI is InChI=1S/C44H63N9O6/c1-28-24-33(55)27-52(28)42(59)39(44(4,5)6)48-36(56)16-10-8-7-9-11-17-37(57)51-22-20-50(21-23-51)32-18-19-35(45-25-32)47-43-46-26-34-29(2)38(30(3)54)41(58)53(40(34)49-43)31-14-12-13-15-31/h18-19,25-26,28,31,33,39,55H,7-17,20-24,27H2,1-6H3,(H,48,56)(H,45,46,47,49)/t28-,33-,39-/m1/s1. The minimum atomic E-state index is -0.645. The molecule has 2 saturated heterocycles. The number of aliphatic hydroxyl groups is 1. The van der Waals surface area contributed by atoms with Crippen molar-refractivity contribution < 1.29 is 24.3 Å². The normalized spacial score (nSPS) is 19.3. The molecule has 3 aromatic heterocycles. The maximum atomic E-state index is 13.5. The molecule has 3 N–H and O–H groups in total. The second-order valence-corrected chi connectivity index (χ2v) is 17.9. The van der Waals surface area contributed by atoms with Crippen LogP contribution in [0.4, 0.5) is 17.5 Å². The van der Waals surface area contributed by atoms with E-state index in [0.717, 1.165) is 63.5 Å². The molecule has 3 amide bonds. The number of pyridine rings is 2. The Labute approximate surface area is 347 Å². The summed E-state index contributed by atoms with van der Waals surface area (Å²) in [7, 11) is 0. The van der Waals surface area contributed by atoms with Crippen molar-refractivity contribution in [2.45, 2.75) is 143 Å². The number of hydrogen-bond acceptors (Lipinski definition) is 11. The molecule has 15 nitrogen and oxygen atoms in total. The summed E-state index contributed by atoms with van der Waals surface area (Å²) >= 11 is 0. The van der Waals surface area contributed by atoms with E-state index in [1.54, 1.807) is 28.8 Å². The van der Waals surface area contributed by atoms with E-state index in [9.17, 15) is 29.1 Å². The second kappa shape index (κ2) is 19.0. The third-order valence-electron chi connectivity index (χ3n) is 12.3. The maximum Gasteiger partial charge on any atom is 0.263 e. The highest BCUT2D eigenvalue weighted by molar-refractivity contribution is 5.99. The Hall–Kier alpha value is -4.92. The Morgan fingerprint density at radius 2 is 1.61 bits per heavy atom. The Morgan fingerprint density at radius 3 is 2.22 bits per heavy atom. The van der Waals surface area contributed by atoms with Crippen LogP contribution in [-0.2, 0) is 14.4 Å². The summed E-state index contributed by atoms with van der Waals surface area (Å²) in [5.41, 5.74) is 1.56. The van der Waals surface area contributed by atoms with E-state index in [1.807, 2.05) is 44.7 Å². The molecule has 2 aliphatic heterocycles. The third kappa shape index (κ3) is 10.5. The lowest BCUT2D eigenvalue weighted by Crippen LogP contribution is -2.55. The van der Waals surface area contributed by atoms with Gasteiger partial charge in [0.15, 0.2) is 5.78 Å². The molecule has 3 fully saturated rings. The average molecular weight is 814 g/mol. The average Bonchev–Trinajstić information content (AvgIpc) is 3.85. The first kappa shape index (κ1) is 43.7. The molecule has 15 heteroatoms. The number of hydrogen-bond donors (Lipinski definition) is 3. The number of rotatable bonds is 15. The quantitative estimate of drug-likeness (QED) is 0.131. The van der Waals surface area contributed by atoms with Crippen LogP contribution in [0.1, 0.15) is 134 Å². The summed E-state index contributed by atoms with van der Waals surface area (Å²) in [6.45, 7) is 14.0. The lowest BCUT2D eigenvalue weighted by Gasteiger charge is -2.36. The molecule has 0 unspecified atom stereocenters. The van der Waals surface area contributed by atoms with Gasteiger partial charge in [0.2, 0.25) is 23.7 Å². The molecule has 0 spiro atoms. The highest BCUT2D eigenvalue weighted by Crippen LogP contribution is 2.32. The SMILES string of the molecule is CC(=O)c1c(C)c2cnc(Nc3ccc(N4CCN(C(=O)CCCCCCCC(=O)N[C@H](C(=O)N5C[C@H](O)C[C@H]5C)C(C)(C)C)CC4)cn3)nc2n(C2CCCC2)c1=O. The van der Waals surface area contributed by atoms with Gasteiger partial charge in [-0.3, -0.25) is 28.5 Å². The van der Waals surface area contributed by atoms with Crippen molar-refractivity contribution in [3.63, 3.8) is 0 Å². The smallest absolute Gasteiger partial charge is 0.263 e. The number of ketones is 1. The van der Waals surface area contributed by atoms with Crippen LogP contribution in [0.3, 0.4) is 0 Å². The van der Waals surface area contributed by atoms with Gasteiger partial charge in [-0.15, -0.1) is 0 Å². The maximum absolute atomic E-state index is 13.5. The highest BCUT2D eigenvalue weighted by atomic mass is 16.3. The lowest BCUT2D eigenvalue weighted by molar-refractivity contribution is -0.140. The molecule has 59 heavy (non-hydrogen) atoms. The Bertz CT molecular complexity index is 2050. The number of carbonyl (C=O) groups excluding carboxylic acids is 4. The summed E-state index contributed by atoms with van der Waals surface area (Å²) in [4.78, 5) is 84.9. The van der Waals surface area contributed by atoms with Gasteiger partial charge in [-0.25, -0.2) is 9.97 Å². The van der Waals surface area contributed by atoms with Crippen LogP contribution in [0.15, 0.2) is 29.3 Å². The molecular weight excluding hydrogens is 751 g/mol. The summed E-state index contributed by atoms with van der Waals surface area (Å²) < 4.78 is 1.70. The zero-order valence-corrected chi connectivity index (χ0v) is 35.8. The van der Waals surface area contributed by atoms with Gasteiger partial charge < -0.3 is 30.4 Å². The van der Waals surface area contributed by atoms with Crippen molar-refractivity contribution >= 4 is 52.0 Å². The van der Waals surface area contributed by atoms with Crippen molar-refractivity contribution in [2.24, 2.45) is 5.41 Å². The van der Waals surface area contributed by atoms with E-state index >= 15 is 0 Å². The van der Waals surface area contributed by atoms with Gasteiger partial charge in [0.05, 0.1) is 23.6 Å². The lowest BCUT2D eigenvalue weighted by atomic mass is 9.85. The van der Waals surface area contributed by atoms with Gasteiger partial charge in [0.1, 0.15) is 17.5 Å². The summed E-state index contributed by atoms with van der Waals surface area (Å²) in [5.74, 6) is 0.536. The van der Waals surface area contributed by atoms with Crippen molar-refractivity contribution in [2.75, 3.05) is 42.9 Å². The van der Waals surface area contributed by atoms with Crippen LogP contribution in [0, 0.1) is 12.3 Å². The highest BCUT2D eigenvalue weighted by Gasteiger charge is 2.40. The molecule has 0 aromatic carbocycles. The Kier molecular flexibility index (Phi) is 14.0. The zero-order valence-electron chi connectivity index (χ0n) is 35.8. The largest absolute Gasteiger partial charge is 0.391 e. The fourth-order valence-corrected chi connectivity index (χ4v) is 8.89. The molecule has 3 aromatic rings. The molecule has 1 aliphatic carbocycles. The van der Waals surface area contributed by atoms with Crippen molar-refractivity contribution in [1.29, 1.82) is 0 Å². The number of anilines is 3. The predicted octanol–water partition coefficient (Wildman–Crippen LogP) is 5.45. The molecule has 320 valence electrons. The van der Waals surface area contributed by atoms with Gasteiger partial charge >= 0.3 is 0 Å². The number of aryl methyl sites for hydroxylation is 1. The topological polar surface area (TPSA) is 183 Å². The number of unbranched alkanes of at least 4 members (excludes halogenated alkanes) is 4. The van der Waals surface area contributed by atoms with E-state index in [1.165, 1.54) is 6.92 Å². The van der Waals surface area contributed by atoms with Gasteiger partial charge in [0.25, 0.3) is 5.56 Å². The van der Waals surface area contributed by atoms with E-state index in [0.29, 0.717) is 80.3 Å². The minimum Gasteiger partial charge on any atom is -0.391 e. The number of nitrogens with one attached hydrogen (secondary N) is 2. The first-order chi connectivity index (χ1) is 28.1. The number of aromatic nitrogens is 4. The van der Waals surface area contributed by atoms with Crippen molar-refractivity contribution in [3.05, 3.63) is 46.0 Å². The van der Waals surface area contributed by atoms with Crippen LogP contribution >= 0.6 is 0 Å². The summed E-state index contributed by atoms with van der Waals surface area (Å²) in [6, 6.07) is 3.15. The number of β-amino-alcohol motifs (C(OH)–C–C–N with tert-alkyl or cyclic N) is 1. The van der Waals surface area contributed by atoms with Gasteiger partial charge in [-0.2, -0.15) is 4.98 Å². The number of Topliss-reactive ketones (excluding diaryl/α,β-unsaturated/α-hetero) is 1. The molecule has 0 bridgehead atoms. The fourth-order valence-electron chi connectivity index (χ4n) is 8.89. The van der Waals surface area contributed by atoms with Crippen LogP contribution in [0.25, 0.3) is 11.0 Å². The number of nitrogens with zero attached hydrogens (tertiary/aromatic N) is 7. The third-order valence-corrected chi connectivity index (χ3v) is 12.3. The summed E-state index contributed by atoms with van der Waals surface area (Å²) in [6.07, 6.45) is 12.4. The number of carbonyl (C=O) groups is 4. The second-order valence-electron chi connectivity index (χ2n) is 17.9. The molecule has 3 aliphatic rings. The van der Waals surface area contributed by atoms with E-state index < -0.39 is 17.6 Å². The number of aliphatic hydroxyl groups excluding tert-OH is 1. The minimum absolute atomic E-state index is 0.00149. The van der Waals surface area contributed by atoms with Crippen LogP contribution in [-0.4, -0.2) is 109 Å². The van der Waals surface area contributed by atoms with Crippen molar-refractivity contribution in [1.82, 2.24) is 34.6 Å². The zero-order chi connectivity index (χ0) is 42.4. The van der Waals surface area contributed by atoms with E-state index in [2.05, 4.69) is 25.5 Å². The monoisotopic (exact) mass is 813 g/mol. The van der Waals surface area contributed by atoms with Crippen LogP contribution in [0.5, 0.6) is 0 Å². The number of amides is 3. The predicted molar refractivity (Wildman–Crippen MR) is 228 cm³/mol. The van der Waals surface area contributed by atoms with Gasteiger partial charge in [-0.05, 0) is 76.0 Å². The first-order valence-electron chi connectivity index (χ1n) is 21.6. The number of fused-ring (bicyclic) bond motifs is 1. The Balaban J connectivity index is 0.909. The molecule has 3 atom stereocenters. The molecule has 5 heterocycles. The first-order valence-corrected chi connectivity index (χ1v) is 21.6. The molecule has 6 rings (SSSR count). The van der Waals surface area contributed by atoms with E-state index in [-0.39, 0.29) is 46.7 Å². The molecular formula is C44H63N9O6. The van der Waals surface area contributed by atoms with Crippen LogP contribution in [0.2, 0.25) is 0 Å².